The number of hydrogen-bond acceptors (Lipinski definition) is 5. The van der Waals surface area contributed by atoms with Crippen molar-refractivity contribution in [2.75, 3.05) is 11.9 Å². The number of anilines is 1. The van der Waals surface area contributed by atoms with Gasteiger partial charge in [-0.3, -0.25) is 14.4 Å². The van der Waals surface area contributed by atoms with Crippen LogP contribution in [0.2, 0.25) is 0 Å². The summed E-state index contributed by atoms with van der Waals surface area (Å²) in [6.45, 7) is 1.11. The van der Waals surface area contributed by atoms with E-state index in [0.717, 1.165) is 4.88 Å². The summed E-state index contributed by atoms with van der Waals surface area (Å²) in [5.41, 5.74) is 1.01. The predicted octanol–water partition coefficient (Wildman–Crippen LogP) is 3.07. The lowest BCUT2D eigenvalue weighted by molar-refractivity contribution is -0.147. The van der Waals surface area contributed by atoms with Crippen LogP contribution in [0.3, 0.4) is 0 Å². The van der Waals surface area contributed by atoms with E-state index in [0.29, 0.717) is 17.7 Å². The van der Waals surface area contributed by atoms with Crippen molar-refractivity contribution in [1.82, 2.24) is 0 Å². The number of carbonyl (C=O) groups is 3. The molecule has 5 nitrogen and oxygen atoms in total. The summed E-state index contributed by atoms with van der Waals surface area (Å²) >= 11 is 1.58. The van der Waals surface area contributed by atoms with Crippen LogP contribution in [0, 0.1) is 0 Å². The number of benzene rings is 1. The van der Waals surface area contributed by atoms with Gasteiger partial charge in [-0.05, 0) is 36.9 Å². The molecule has 1 heterocycles. The summed E-state index contributed by atoms with van der Waals surface area (Å²) in [5.74, 6) is -0.928. The highest BCUT2D eigenvalue weighted by molar-refractivity contribution is 7.09. The molecule has 0 unspecified atom stereocenters. The summed E-state index contributed by atoms with van der Waals surface area (Å²) in [5, 5.41) is 4.54. The molecular weight excluding hydrogens is 314 g/mol. The number of thiophene rings is 1. The standard InChI is InChI=1S/C17H17NO4S/c1-12(19)13-4-2-5-14(10-13)18-16(20)11-22-17(21)8-7-15-6-3-9-23-15/h2-6,9-10H,7-8,11H2,1H3,(H,18,20). The molecule has 0 atom stereocenters. The van der Waals surface area contributed by atoms with Crippen molar-refractivity contribution >= 4 is 34.7 Å². The quantitative estimate of drug-likeness (QED) is 0.625. The molecule has 0 spiro atoms. The first-order valence-electron chi connectivity index (χ1n) is 7.13. The van der Waals surface area contributed by atoms with E-state index < -0.39 is 11.9 Å². The maximum atomic E-state index is 11.8. The van der Waals surface area contributed by atoms with E-state index in [-0.39, 0.29) is 18.8 Å². The molecule has 1 N–H and O–H groups in total. The summed E-state index contributed by atoms with van der Waals surface area (Å²) in [4.78, 5) is 35.7. The molecule has 1 aromatic heterocycles. The van der Waals surface area contributed by atoms with Gasteiger partial charge in [-0.25, -0.2) is 0 Å². The van der Waals surface area contributed by atoms with Crippen LogP contribution in [-0.4, -0.2) is 24.3 Å². The molecular formula is C17H17NO4S. The van der Waals surface area contributed by atoms with Crippen LogP contribution in [0.1, 0.15) is 28.6 Å². The maximum Gasteiger partial charge on any atom is 0.306 e. The van der Waals surface area contributed by atoms with Gasteiger partial charge in [0.25, 0.3) is 5.91 Å². The maximum absolute atomic E-state index is 11.8. The molecule has 23 heavy (non-hydrogen) atoms. The van der Waals surface area contributed by atoms with E-state index in [1.54, 1.807) is 35.6 Å². The average molecular weight is 331 g/mol. The van der Waals surface area contributed by atoms with Gasteiger partial charge >= 0.3 is 5.97 Å². The van der Waals surface area contributed by atoms with Crippen LogP contribution < -0.4 is 5.32 Å². The van der Waals surface area contributed by atoms with Crippen molar-refractivity contribution in [1.29, 1.82) is 0 Å². The predicted molar refractivity (Wildman–Crippen MR) is 88.7 cm³/mol. The lowest BCUT2D eigenvalue weighted by Crippen LogP contribution is -2.21. The number of nitrogens with one attached hydrogen (secondary N) is 1. The molecule has 0 radical (unpaired) electrons. The number of rotatable bonds is 7. The fraction of sp³-hybridized carbons (Fsp3) is 0.235. The van der Waals surface area contributed by atoms with Gasteiger partial charge < -0.3 is 10.1 Å². The van der Waals surface area contributed by atoms with Crippen molar-refractivity contribution in [2.45, 2.75) is 19.8 Å². The number of Topliss-reactive ketones (excluding diaryl/α,β-unsaturated/α-hetero) is 1. The van der Waals surface area contributed by atoms with E-state index in [1.165, 1.54) is 6.92 Å². The lowest BCUT2D eigenvalue weighted by atomic mass is 10.1. The van der Waals surface area contributed by atoms with Gasteiger partial charge in [-0.2, -0.15) is 0 Å². The fourth-order valence-electron chi connectivity index (χ4n) is 1.91. The number of carbonyl (C=O) groups excluding carboxylic acids is 3. The molecule has 0 bridgehead atoms. The number of ketones is 1. The Kier molecular flexibility index (Phi) is 6.05. The van der Waals surface area contributed by atoms with E-state index >= 15 is 0 Å². The Labute approximate surface area is 138 Å². The highest BCUT2D eigenvalue weighted by Crippen LogP contribution is 2.12. The second-order valence-corrected chi connectivity index (χ2v) is 5.96. The van der Waals surface area contributed by atoms with Crippen molar-refractivity contribution in [3.63, 3.8) is 0 Å². The molecule has 0 saturated carbocycles. The minimum Gasteiger partial charge on any atom is -0.456 e. The third-order valence-corrected chi connectivity index (χ3v) is 4.01. The lowest BCUT2D eigenvalue weighted by Gasteiger charge is -2.07. The van der Waals surface area contributed by atoms with Gasteiger partial charge in [0.05, 0.1) is 6.42 Å². The second-order valence-electron chi connectivity index (χ2n) is 4.93. The van der Waals surface area contributed by atoms with E-state index in [4.69, 9.17) is 4.74 Å². The van der Waals surface area contributed by atoms with Crippen LogP contribution in [0.15, 0.2) is 41.8 Å². The Morgan fingerprint density at radius 1 is 1.17 bits per heavy atom. The minimum absolute atomic E-state index is 0.0823. The first-order chi connectivity index (χ1) is 11.0. The number of esters is 1. The normalized spacial score (nSPS) is 10.1. The molecule has 0 aliphatic carbocycles. The third kappa shape index (κ3) is 5.67. The summed E-state index contributed by atoms with van der Waals surface area (Å²) < 4.78 is 4.94. The number of amides is 1. The largest absolute Gasteiger partial charge is 0.456 e. The van der Waals surface area contributed by atoms with Gasteiger partial charge in [0, 0.05) is 16.1 Å². The summed E-state index contributed by atoms with van der Waals surface area (Å²) in [6, 6.07) is 10.5. The van der Waals surface area contributed by atoms with Crippen molar-refractivity contribution in [3.05, 3.63) is 52.2 Å². The van der Waals surface area contributed by atoms with Crippen molar-refractivity contribution in [2.24, 2.45) is 0 Å². The molecule has 6 heteroatoms. The first-order valence-corrected chi connectivity index (χ1v) is 8.01. The first kappa shape index (κ1) is 16.9. The highest BCUT2D eigenvalue weighted by Gasteiger charge is 2.09. The number of hydrogen-bond donors (Lipinski definition) is 1. The highest BCUT2D eigenvalue weighted by atomic mass is 32.1. The minimum atomic E-state index is -0.435. The zero-order chi connectivity index (χ0) is 16.7. The molecule has 0 saturated heterocycles. The number of aryl methyl sites for hydroxylation is 1. The fourth-order valence-corrected chi connectivity index (χ4v) is 2.62. The molecule has 1 amide bonds. The SMILES string of the molecule is CC(=O)c1cccc(NC(=O)COC(=O)CCc2cccs2)c1. The van der Waals surface area contributed by atoms with Gasteiger partial charge in [0.15, 0.2) is 12.4 Å². The van der Waals surface area contributed by atoms with Crippen LogP contribution in [-0.2, 0) is 20.7 Å². The molecule has 120 valence electrons. The van der Waals surface area contributed by atoms with Crippen LogP contribution >= 0.6 is 11.3 Å². The van der Waals surface area contributed by atoms with Gasteiger partial charge in [0.2, 0.25) is 0 Å². The summed E-state index contributed by atoms with van der Waals surface area (Å²) in [6.07, 6.45) is 0.854. The second kappa shape index (κ2) is 8.24. The molecule has 2 rings (SSSR count). The Hall–Kier alpha value is -2.47. The molecule has 0 aliphatic rings. The van der Waals surface area contributed by atoms with Crippen molar-refractivity contribution < 1.29 is 19.1 Å². The number of ether oxygens (including phenoxy) is 1. The van der Waals surface area contributed by atoms with Gasteiger partial charge in [-0.15, -0.1) is 11.3 Å². The zero-order valence-corrected chi connectivity index (χ0v) is 13.5. The monoisotopic (exact) mass is 331 g/mol. The summed E-state index contributed by atoms with van der Waals surface area (Å²) in [7, 11) is 0. The molecule has 2 aromatic rings. The van der Waals surface area contributed by atoms with Crippen LogP contribution in [0.25, 0.3) is 0 Å². The van der Waals surface area contributed by atoms with Gasteiger partial charge in [0.1, 0.15) is 0 Å². The Bertz CT molecular complexity index is 694. The Morgan fingerprint density at radius 2 is 2.00 bits per heavy atom. The van der Waals surface area contributed by atoms with Crippen LogP contribution in [0.5, 0.6) is 0 Å². The zero-order valence-electron chi connectivity index (χ0n) is 12.7. The van der Waals surface area contributed by atoms with Gasteiger partial charge in [-0.1, -0.05) is 18.2 Å². The molecule has 1 aromatic carbocycles. The van der Waals surface area contributed by atoms with E-state index in [9.17, 15) is 14.4 Å². The smallest absolute Gasteiger partial charge is 0.306 e. The third-order valence-electron chi connectivity index (χ3n) is 3.07. The van der Waals surface area contributed by atoms with Crippen molar-refractivity contribution in [3.8, 4) is 0 Å². The van der Waals surface area contributed by atoms with Crippen LogP contribution in [0.4, 0.5) is 5.69 Å². The molecule has 0 fully saturated rings. The van der Waals surface area contributed by atoms with E-state index in [2.05, 4.69) is 5.32 Å². The Morgan fingerprint density at radius 3 is 2.70 bits per heavy atom. The van der Waals surface area contributed by atoms with E-state index in [1.807, 2.05) is 17.5 Å². The Balaban J connectivity index is 1.75. The topological polar surface area (TPSA) is 72.5 Å². The molecule has 0 aliphatic heterocycles. The average Bonchev–Trinajstić information content (AvgIpc) is 3.04.